The fraction of sp³-hybridized carbons (Fsp3) is 0.611. The first-order chi connectivity index (χ1) is 11.2. The first-order valence-electron chi connectivity index (χ1n) is 8.32. The summed E-state index contributed by atoms with van der Waals surface area (Å²) in [5.74, 6) is 3.49. The van der Waals surface area contributed by atoms with E-state index in [1.54, 1.807) is 7.11 Å². The van der Waals surface area contributed by atoms with Crippen molar-refractivity contribution < 1.29 is 19.4 Å². The van der Waals surface area contributed by atoms with Crippen LogP contribution in [0.5, 0.6) is 11.5 Å². The molecule has 1 aliphatic heterocycles. The van der Waals surface area contributed by atoms with Gasteiger partial charge in [0.15, 0.2) is 11.5 Å². The van der Waals surface area contributed by atoms with Crippen LogP contribution in [-0.2, 0) is 4.79 Å². The number of thioether (sulfide) groups is 1. The second-order valence-electron chi connectivity index (χ2n) is 6.35. The molecule has 1 heterocycles. The topological polar surface area (TPSA) is 55.8 Å². The number of hydrogen-bond acceptors (Lipinski definition) is 4. The number of hydrogen-bond donors (Lipinski definition) is 1. The van der Waals surface area contributed by atoms with Crippen molar-refractivity contribution in [3.8, 4) is 11.5 Å². The SMILES string of the molecule is COc1c(OC2CCSCC2)cccc1C(CC(=O)O)C1CC1. The molecular formula is C18H24O4S. The highest BCUT2D eigenvalue weighted by atomic mass is 32.2. The van der Waals surface area contributed by atoms with Crippen LogP contribution < -0.4 is 9.47 Å². The highest BCUT2D eigenvalue weighted by molar-refractivity contribution is 7.99. The lowest BCUT2D eigenvalue weighted by atomic mass is 9.90. The van der Waals surface area contributed by atoms with Crippen molar-refractivity contribution in [1.82, 2.24) is 0 Å². The Morgan fingerprint density at radius 2 is 2.04 bits per heavy atom. The molecule has 1 saturated carbocycles. The molecule has 1 saturated heterocycles. The maximum Gasteiger partial charge on any atom is 0.303 e. The molecule has 126 valence electrons. The number of carboxylic acid groups (broad SMARTS) is 1. The lowest BCUT2D eigenvalue weighted by Gasteiger charge is -2.26. The molecule has 0 aromatic heterocycles. The van der Waals surface area contributed by atoms with Crippen LogP contribution in [0.3, 0.4) is 0 Å². The molecular weight excluding hydrogens is 312 g/mol. The normalized spacial score (nSPS) is 20.0. The van der Waals surface area contributed by atoms with Gasteiger partial charge in [-0.15, -0.1) is 0 Å². The Morgan fingerprint density at radius 1 is 1.30 bits per heavy atom. The van der Waals surface area contributed by atoms with Crippen molar-refractivity contribution in [3.05, 3.63) is 23.8 Å². The van der Waals surface area contributed by atoms with Crippen LogP contribution in [0, 0.1) is 5.92 Å². The summed E-state index contributed by atoms with van der Waals surface area (Å²) in [6, 6.07) is 5.89. The summed E-state index contributed by atoms with van der Waals surface area (Å²) in [6.45, 7) is 0. The van der Waals surface area contributed by atoms with E-state index >= 15 is 0 Å². The number of para-hydroxylation sites is 1. The minimum atomic E-state index is -0.750. The highest BCUT2D eigenvalue weighted by Crippen LogP contribution is 2.49. The van der Waals surface area contributed by atoms with E-state index in [2.05, 4.69) is 0 Å². The molecule has 0 amide bonds. The second kappa shape index (κ2) is 7.47. The van der Waals surface area contributed by atoms with Crippen LogP contribution in [0.25, 0.3) is 0 Å². The van der Waals surface area contributed by atoms with Gasteiger partial charge in [-0.05, 0) is 49.2 Å². The Morgan fingerprint density at radius 3 is 2.65 bits per heavy atom. The molecule has 0 spiro atoms. The van der Waals surface area contributed by atoms with Crippen molar-refractivity contribution in [2.75, 3.05) is 18.6 Å². The molecule has 1 N–H and O–H groups in total. The van der Waals surface area contributed by atoms with Crippen molar-refractivity contribution in [1.29, 1.82) is 0 Å². The van der Waals surface area contributed by atoms with Crippen molar-refractivity contribution >= 4 is 17.7 Å². The second-order valence-corrected chi connectivity index (χ2v) is 7.57. The number of aliphatic carboxylic acids is 1. The minimum absolute atomic E-state index is 0.0212. The standard InChI is InChI=1S/C18H24O4S/c1-21-18-14(15(11-17(19)20)12-5-6-12)3-2-4-16(18)22-13-7-9-23-10-8-13/h2-4,12-13,15H,5-11H2,1H3,(H,19,20). The lowest BCUT2D eigenvalue weighted by molar-refractivity contribution is -0.137. The molecule has 1 atom stereocenters. The average Bonchev–Trinajstić information content (AvgIpc) is 3.38. The molecule has 1 aromatic rings. The maximum atomic E-state index is 11.2. The first-order valence-corrected chi connectivity index (χ1v) is 9.47. The van der Waals surface area contributed by atoms with Gasteiger partial charge in [-0.25, -0.2) is 0 Å². The number of benzene rings is 1. The molecule has 1 aromatic carbocycles. The summed E-state index contributed by atoms with van der Waals surface area (Å²) in [6.07, 6.45) is 4.71. The zero-order valence-corrected chi connectivity index (χ0v) is 14.3. The molecule has 0 bridgehead atoms. The zero-order chi connectivity index (χ0) is 16.2. The monoisotopic (exact) mass is 336 g/mol. The third-order valence-corrected chi connectivity index (χ3v) is 5.71. The number of carboxylic acids is 1. The number of rotatable bonds is 7. The van der Waals surface area contributed by atoms with Crippen LogP contribution in [0.15, 0.2) is 18.2 Å². The maximum absolute atomic E-state index is 11.2. The lowest BCUT2D eigenvalue weighted by Crippen LogP contribution is -2.22. The summed E-state index contributed by atoms with van der Waals surface area (Å²) >= 11 is 1.97. The van der Waals surface area contributed by atoms with E-state index in [0.717, 1.165) is 54.3 Å². The van der Waals surface area contributed by atoms with Gasteiger partial charge < -0.3 is 14.6 Å². The Labute approximate surface area is 141 Å². The quantitative estimate of drug-likeness (QED) is 0.817. The Kier molecular flexibility index (Phi) is 5.36. The minimum Gasteiger partial charge on any atom is -0.493 e. The summed E-state index contributed by atoms with van der Waals surface area (Å²) < 4.78 is 11.8. The highest BCUT2D eigenvalue weighted by Gasteiger charge is 2.36. The van der Waals surface area contributed by atoms with Crippen LogP contribution >= 0.6 is 11.8 Å². The largest absolute Gasteiger partial charge is 0.493 e. The van der Waals surface area contributed by atoms with Gasteiger partial charge in [0, 0.05) is 11.5 Å². The Bertz CT molecular complexity index is 550. The molecule has 1 aliphatic carbocycles. The van der Waals surface area contributed by atoms with E-state index in [1.165, 1.54) is 0 Å². The molecule has 4 nitrogen and oxygen atoms in total. The van der Waals surface area contributed by atoms with Crippen LogP contribution in [0.1, 0.15) is 43.6 Å². The van der Waals surface area contributed by atoms with Gasteiger partial charge in [0.2, 0.25) is 0 Å². The molecule has 5 heteroatoms. The zero-order valence-electron chi connectivity index (χ0n) is 13.5. The van der Waals surface area contributed by atoms with Gasteiger partial charge in [0.25, 0.3) is 0 Å². The third kappa shape index (κ3) is 4.14. The van der Waals surface area contributed by atoms with E-state index in [9.17, 15) is 9.90 Å². The number of methoxy groups -OCH3 is 1. The van der Waals surface area contributed by atoms with Crippen LogP contribution in [0.2, 0.25) is 0 Å². The Hall–Kier alpha value is -1.36. The van der Waals surface area contributed by atoms with Crippen molar-refractivity contribution in [2.24, 2.45) is 5.92 Å². The smallest absolute Gasteiger partial charge is 0.303 e. The van der Waals surface area contributed by atoms with E-state index in [1.807, 2.05) is 30.0 Å². The summed E-state index contributed by atoms with van der Waals surface area (Å²) in [5.41, 5.74) is 0.986. The summed E-state index contributed by atoms with van der Waals surface area (Å²) in [7, 11) is 1.65. The predicted octanol–water partition coefficient (Wildman–Crippen LogP) is 3.94. The Balaban J connectivity index is 1.84. The summed E-state index contributed by atoms with van der Waals surface area (Å²) in [5, 5.41) is 9.24. The van der Waals surface area contributed by atoms with Crippen LogP contribution in [-0.4, -0.2) is 35.8 Å². The van der Waals surface area contributed by atoms with Crippen molar-refractivity contribution in [2.45, 2.75) is 44.1 Å². The fourth-order valence-electron chi connectivity index (χ4n) is 3.33. The van der Waals surface area contributed by atoms with E-state index in [4.69, 9.17) is 9.47 Å². The molecule has 0 radical (unpaired) electrons. The number of ether oxygens (including phenoxy) is 2. The number of carbonyl (C=O) groups is 1. The fourth-order valence-corrected chi connectivity index (χ4v) is 4.39. The van der Waals surface area contributed by atoms with Gasteiger partial charge >= 0.3 is 5.97 Å². The molecule has 23 heavy (non-hydrogen) atoms. The van der Waals surface area contributed by atoms with Gasteiger partial charge in [-0.1, -0.05) is 12.1 Å². The van der Waals surface area contributed by atoms with Crippen molar-refractivity contribution in [3.63, 3.8) is 0 Å². The van der Waals surface area contributed by atoms with Crippen LogP contribution in [0.4, 0.5) is 0 Å². The van der Waals surface area contributed by atoms with Gasteiger partial charge in [-0.2, -0.15) is 11.8 Å². The van der Waals surface area contributed by atoms with E-state index < -0.39 is 5.97 Å². The third-order valence-electron chi connectivity index (χ3n) is 4.66. The summed E-state index contributed by atoms with van der Waals surface area (Å²) in [4.78, 5) is 11.2. The molecule has 1 unspecified atom stereocenters. The molecule has 3 rings (SSSR count). The molecule has 2 aliphatic rings. The van der Waals surface area contributed by atoms with E-state index in [-0.39, 0.29) is 18.4 Å². The van der Waals surface area contributed by atoms with Gasteiger partial charge in [0.05, 0.1) is 13.5 Å². The van der Waals surface area contributed by atoms with E-state index in [0.29, 0.717) is 5.92 Å². The molecule has 2 fully saturated rings. The predicted molar refractivity (Wildman–Crippen MR) is 91.7 cm³/mol. The average molecular weight is 336 g/mol. The van der Waals surface area contributed by atoms with Gasteiger partial charge in [0.1, 0.15) is 6.10 Å². The first kappa shape index (κ1) is 16.5. The van der Waals surface area contributed by atoms with Gasteiger partial charge in [-0.3, -0.25) is 4.79 Å².